The highest BCUT2D eigenvalue weighted by Gasteiger charge is 2.14. The third kappa shape index (κ3) is 3.59. The Kier molecular flexibility index (Phi) is 5.14. The molecule has 124 valence electrons. The predicted molar refractivity (Wildman–Crippen MR) is 99.5 cm³/mol. The zero-order valence-corrected chi connectivity index (χ0v) is 15.3. The number of nitrogens with one attached hydrogen (secondary N) is 1. The average Bonchev–Trinajstić information content (AvgIpc) is 2.84. The predicted octanol–water partition coefficient (Wildman–Crippen LogP) is 2.94. The van der Waals surface area contributed by atoms with Crippen LogP contribution in [0.15, 0.2) is 54.6 Å². The molecular formula is C18H20ClN4S+. The Balaban J connectivity index is 1.84. The molecule has 0 spiro atoms. The van der Waals surface area contributed by atoms with Gasteiger partial charge in [-0.2, -0.15) is 4.68 Å². The van der Waals surface area contributed by atoms with Crippen LogP contribution in [0.3, 0.4) is 0 Å². The normalized spacial score (nSPS) is 12.3. The van der Waals surface area contributed by atoms with Crippen molar-refractivity contribution >= 4 is 23.8 Å². The van der Waals surface area contributed by atoms with Gasteiger partial charge in [0.15, 0.2) is 12.5 Å². The van der Waals surface area contributed by atoms with Gasteiger partial charge in [0.25, 0.3) is 0 Å². The van der Waals surface area contributed by atoms with Crippen LogP contribution in [0.2, 0.25) is 5.02 Å². The number of hydrogen-bond donors (Lipinski definition) is 1. The van der Waals surface area contributed by atoms with Crippen molar-refractivity contribution in [2.75, 3.05) is 7.05 Å². The Morgan fingerprint density at radius 1 is 1.08 bits per heavy atom. The Bertz CT molecular complexity index is 886. The molecule has 1 atom stereocenters. The number of halogens is 1. The second kappa shape index (κ2) is 7.30. The standard InChI is InChI=1S/C18H19ClN4S/c1-21(12-14-8-4-3-5-9-14)13-23-18(24)22(2)17(20-23)15-10-6-7-11-16(15)19/h3-11H,12-13H2,1-2H3/p+1. The second-order valence-electron chi connectivity index (χ2n) is 5.92. The van der Waals surface area contributed by atoms with Crippen molar-refractivity contribution in [2.45, 2.75) is 13.2 Å². The summed E-state index contributed by atoms with van der Waals surface area (Å²) in [5.41, 5.74) is 2.19. The van der Waals surface area contributed by atoms with E-state index < -0.39 is 0 Å². The van der Waals surface area contributed by atoms with Gasteiger partial charge in [-0.25, -0.2) is 0 Å². The fourth-order valence-corrected chi connectivity index (χ4v) is 3.14. The molecule has 3 aromatic rings. The summed E-state index contributed by atoms with van der Waals surface area (Å²) in [6.07, 6.45) is 0. The molecule has 0 aliphatic heterocycles. The van der Waals surface area contributed by atoms with Crippen molar-refractivity contribution in [3.8, 4) is 11.4 Å². The molecule has 3 rings (SSSR count). The minimum atomic E-state index is 0.678. The molecule has 0 aliphatic rings. The number of nitrogens with zero attached hydrogens (tertiary/aromatic N) is 3. The van der Waals surface area contributed by atoms with Gasteiger partial charge in [-0.05, 0) is 24.4 Å². The lowest BCUT2D eigenvalue weighted by molar-refractivity contribution is -0.917. The van der Waals surface area contributed by atoms with Gasteiger partial charge in [-0.3, -0.25) is 0 Å². The van der Waals surface area contributed by atoms with Crippen molar-refractivity contribution in [2.24, 2.45) is 7.05 Å². The van der Waals surface area contributed by atoms with Crippen molar-refractivity contribution < 1.29 is 4.90 Å². The maximum atomic E-state index is 6.30. The lowest BCUT2D eigenvalue weighted by Crippen LogP contribution is -3.07. The van der Waals surface area contributed by atoms with Crippen LogP contribution in [-0.2, 0) is 20.3 Å². The van der Waals surface area contributed by atoms with E-state index in [4.69, 9.17) is 28.9 Å². The van der Waals surface area contributed by atoms with Crippen LogP contribution in [0.1, 0.15) is 5.56 Å². The van der Waals surface area contributed by atoms with Gasteiger partial charge in [0, 0.05) is 18.2 Å². The first-order valence-corrected chi connectivity index (χ1v) is 8.59. The molecule has 24 heavy (non-hydrogen) atoms. The minimum Gasteiger partial charge on any atom is -0.315 e. The van der Waals surface area contributed by atoms with Crippen LogP contribution >= 0.6 is 23.8 Å². The van der Waals surface area contributed by atoms with E-state index in [0.717, 1.165) is 17.9 Å². The van der Waals surface area contributed by atoms with Crippen molar-refractivity contribution in [1.29, 1.82) is 0 Å². The summed E-state index contributed by atoms with van der Waals surface area (Å²) in [6.45, 7) is 1.62. The maximum Gasteiger partial charge on any atom is 0.202 e. The molecule has 0 saturated carbocycles. The third-order valence-electron chi connectivity index (χ3n) is 3.92. The average molecular weight is 360 g/mol. The number of benzene rings is 2. The summed E-state index contributed by atoms with van der Waals surface area (Å²) in [7, 11) is 4.07. The van der Waals surface area contributed by atoms with Crippen LogP contribution < -0.4 is 4.90 Å². The largest absolute Gasteiger partial charge is 0.315 e. The van der Waals surface area contributed by atoms with Gasteiger partial charge in [-0.15, -0.1) is 5.10 Å². The molecule has 0 aliphatic carbocycles. The molecule has 0 radical (unpaired) electrons. The fraction of sp³-hybridized carbons (Fsp3) is 0.222. The van der Waals surface area contributed by atoms with Gasteiger partial charge in [0.2, 0.25) is 4.77 Å². The first kappa shape index (κ1) is 16.9. The summed E-state index contributed by atoms with van der Waals surface area (Å²) in [6, 6.07) is 18.1. The van der Waals surface area contributed by atoms with Crippen LogP contribution in [0.4, 0.5) is 0 Å². The summed E-state index contributed by atoms with van der Waals surface area (Å²) in [5.74, 6) is 0.790. The molecule has 1 unspecified atom stereocenters. The van der Waals surface area contributed by atoms with E-state index in [1.54, 1.807) is 0 Å². The third-order valence-corrected chi connectivity index (χ3v) is 4.74. The molecule has 1 aromatic heterocycles. The van der Waals surface area contributed by atoms with Crippen LogP contribution in [0, 0.1) is 4.77 Å². The second-order valence-corrected chi connectivity index (χ2v) is 6.69. The fourth-order valence-electron chi connectivity index (χ4n) is 2.72. The van der Waals surface area contributed by atoms with E-state index in [1.165, 1.54) is 10.5 Å². The number of hydrogen-bond acceptors (Lipinski definition) is 2. The minimum absolute atomic E-state index is 0.678. The van der Waals surface area contributed by atoms with E-state index in [0.29, 0.717) is 16.5 Å². The molecule has 0 bridgehead atoms. The molecular weight excluding hydrogens is 340 g/mol. The molecule has 2 aromatic carbocycles. The first-order chi connectivity index (χ1) is 11.6. The van der Waals surface area contributed by atoms with Crippen molar-refractivity contribution in [1.82, 2.24) is 14.3 Å². The molecule has 4 nitrogen and oxygen atoms in total. The zero-order chi connectivity index (χ0) is 17.1. The van der Waals surface area contributed by atoms with Gasteiger partial charge in [0.05, 0.1) is 12.1 Å². The highest BCUT2D eigenvalue weighted by atomic mass is 35.5. The Hall–Kier alpha value is -1.95. The molecule has 0 saturated heterocycles. The van der Waals surface area contributed by atoms with E-state index in [9.17, 15) is 0 Å². The number of aromatic nitrogens is 3. The van der Waals surface area contributed by atoms with Crippen LogP contribution in [-0.4, -0.2) is 21.4 Å². The summed E-state index contributed by atoms with van der Waals surface area (Å²) in [4.78, 5) is 1.31. The van der Waals surface area contributed by atoms with Gasteiger partial charge in [0.1, 0.15) is 6.54 Å². The van der Waals surface area contributed by atoms with Gasteiger partial charge < -0.3 is 9.47 Å². The number of quaternary nitrogens is 1. The molecule has 1 heterocycles. The monoisotopic (exact) mass is 359 g/mol. The first-order valence-electron chi connectivity index (χ1n) is 7.80. The Morgan fingerprint density at radius 2 is 1.75 bits per heavy atom. The quantitative estimate of drug-likeness (QED) is 0.709. The van der Waals surface area contributed by atoms with E-state index >= 15 is 0 Å². The number of rotatable bonds is 5. The smallest absolute Gasteiger partial charge is 0.202 e. The topological polar surface area (TPSA) is 27.2 Å². The molecule has 1 N–H and O–H groups in total. The molecule has 0 fully saturated rings. The molecule has 0 amide bonds. The van der Waals surface area contributed by atoms with Crippen molar-refractivity contribution in [3.63, 3.8) is 0 Å². The van der Waals surface area contributed by atoms with E-state index in [2.05, 4.69) is 31.3 Å². The van der Waals surface area contributed by atoms with Gasteiger partial charge in [-0.1, -0.05) is 54.1 Å². The summed E-state index contributed by atoms with van der Waals surface area (Å²) in [5, 5.41) is 5.37. The van der Waals surface area contributed by atoms with Crippen molar-refractivity contribution in [3.05, 3.63) is 70.0 Å². The Labute approximate surface area is 151 Å². The zero-order valence-electron chi connectivity index (χ0n) is 13.7. The van der Waals surface area contributed by atoms with Crippen LogP contribution in [0.5, 0.6) is 0 Å². The lowest BCUT2D eigenvalue weighted by Gasteiger charge is -2.13. The Morgan fingerprint density at radius 3 is 2.46 bits per heavy atom. The van der Waals surface area contributed by atoms with Gasteiger partial charge >= 0.3 is 0 Å². The highest BCUT2D eigenvalue weighted by Crippen LogP contribution is 2.25. The summed E-state index contributed by atoms with van der Waals surface area (Å²) >= 11 is 11.9. The SMILES string of the molecule is Cn1c(-c2ccccc2Cl)nn(C[NH+](C)Cc2ccccc2)c1=S. The molecule has 6 heteroatoms. The van der Waals surface area contributed by atoms with E-state index in [1.807, 2.05) is 46.6 Å². The highest BCUT2D eigenvalue weighted by molar-refractivity contribution is 7.71. The summed E-state index contributed by atoms with van der Waals surface area (Å²) < 4.78 is 4.47. The van der Waals surface area contributed by atoms with Crippen LogP contribution in [0.25, 0.3) is 11.4 Å². The maximum absolute atomic E-state index is 6.30. The lowest BCUT2D eigenvalue weighted by atomic mass is 10.2. The van der Waals surface area contributed by atoms with E-state index in [-0.39, 0.29) is 0 Å².